The first-order valence-electron chi connectivity index (χ1n) is 18.7. The first kappa shape index (κ1) is 31.6. The number of hydrogen-bond donors (Lipinski definition) is 0. The van der Waals surface area contributed by atoms with Gasteiger partial charge in [-0.3, -0.25) is 0 Å². The van der Waals surface area contributed by atoms with Crippen molar-refractivity contribution in [1.82, 2.24) is 0 Å². The molecule has 3 heteroatoms. The van der Waals surface area contributed by atoms with E-state index >= 15 is 0 Å². The topological polar surface area (TPSA) is 16.4 Å². The van der Waals surface area contributed by atoms with Crippen LogP contribution in [0.25, 0.3) is 86.3 Å². The molecule has 0 aliphatic carbocycles. The van der Waals surface area contributed by atoms with Crippen molar-refractivity contribution in [2.24, 2.45) is 0 Å². The van der Waals surface area contributed by atoms with Gasteiger partial charge >= 0.3 is 0 Å². The molecule has 0 aliphatic rings. The summed E-state index contributed by atoms with van der Waals surface area (Å²) in [6.45, 7) is 0. The number of hydrogen-bond acceptors (Lipinski definition) is 3. The van der Waals surface area contributed by atoms with E-state index in [1.54, 1.807) is 0 Å². The molecule has 0 amide bonds. The number of anilines is 3. The van der Waals surface area contributed by atoms with Crippen LogP contribution in [0.5, 0.6) is 0 Å². The molecule has 2 heterocycles. The van der Waals surface area contributed by atoms with Crippen molar-refractivity contribution in [1.29, 1.82) is 0 Å². The number of para-hydroxylation sites is 1. The van der Waals surface area contributed by atoms with E-state index in [0.29, 0.717) is 0 Å². The quantitative estimate of drug-likeness (QED) is 0.170. The van der Waals surface area contributed by atoms with Gasteiger partial charge in [-0.15, -0.1) is 11.3 Å². The fraction of sp³-hybridized carbons (Fsp3) is 0. The van der Waals surface area contributed by atoms with E-state index in [9.17, 15) is 0 Å². The van der Waals surface area contributed by atoms with Crippen LogP contribution in [0.2, 0.25) is 0 Å². The van der Waals surface area contributed by atoms with E-state index in [4.69, 9.17) is 4.42 Å². The normalized spacial score (nSPS) is 11.6. The standard InChI is InChI=1S/C52H33NOS/c1-3-13-35(14-4-1)42-30-31-47(50-45-20-9-10-24-48(45)54-51(42)50)53(38-27-25-37(26-28-38)41-21-11-18-34-17-7-8-19-40(34)41)39-29-32-49-46(33-39)44-23-12-22-43(52(44)55-49)36-15-5-2-6-16-36/h1-33H. The molecular formula is C52H33NOS. The molecule has 0 saturated carbocycles. The lowest BCUT2D eigenvalue weighted by Gasteiger charge is -2.27. The SMILES string of the molecule is c1ccc(-c2ccc(N(c3ccc(-c4cccc5ccccc45)cc3)c3ccc4sc5c(-c6ccccc6)cccc5c4c3)c3c2oc2ccccc23)cc1. The van der Waals surface area contributed by atoms with Crippen LogP contribution in [0, 0.1) is 0 Å². The van der Waals surface area contributed by atoms with Gasteiger partial charge in [-0.05, 0) is 87.1 Å². The largest absolute Gasteiger partial charge is 0.455 e. The summed E-state index contributed by atoms with van der Waals surface area (Å²) in [7, 11) is 0. The maximum atomic E-state index is 6.76. The fourth-order valence-corrected chi connectivity index (χ4v) is 9.53. The third-order valence-electron chi connectivity index (χ3n) is 10.9. The number of fused-ring (bicyclic) bond motifs is 7. The lowest BCUT2D eigenvalue weighted by molar-refractivity contribution is 0.670. The summed E-state index contributed by atoms with van der Waals surface area (Å²) in [5.74, 6) is 0. The monoisotopic (exact) mass is 719 g/mol. The van der Waals surface area contributed by atoms with Crippen LogP contribution >= 0.6 is 11.3 Å². The van der Waals surface area contributed by atoms with Gasteiger partial charge in [-0.25, -0.2) is 0 Å². The molecule has 0 N–H and O–H groups in total. The minimum atomic E-state index is 0.876. The zero-order chi connectivity index (χ0) is 36.3. The second kappa shape index (κ2) is 12.9. The molecule has 11 rings (SSSR count). The smallest absolute Gasteiger partial charge is 0.145 e. The summed E-state index contributed by atoms with van der Waals surface area (Å²) < 4.78 is 9.34. The molecule has 258 valence electrons. The average Bonchev–Trinajstić information content (AvgIpc) is 3.84. The van der Waals surface area contributed by atoms with Gasteiger partial charge in [0.1, 0.15) is 11.2 Å². The van der Waals surface area contributed by atoms with Crippen LogP contribution in [-0.4, -0.2) is 0 Å². The van der Waals surface area contributed by atoms with Gasteiger partial charge in [0.05, 0.1) is 11.1 Å². The number of rotatable bonds is 6. The number of nitrogens with zero attached hydrogens (tertiary/aromatic N) is 1. The van der Waals surface area contributed by atoms with Crippen molar-refractivity contribution in [2.75, 3.05) is 4.90 Å². The Morgan fingerprint density at radius 2 is 1.02 bits per heavy atom. The number of benzene rings is 9. The molecule has 11 aromatic rings. The van der Waals surface area contributed by atoms with Gasteiger partial charge in [0, 0.05) is 42.5 Å². The van der Waals surface area contributed by atoms with Crippen LogP contribution < -0.4 is 4.90 Å². The summed E-state index contributed by atoms with van der Waals surface area (Å²) >= 11 is 1.87. The Bertz CT molecular complexity index is 3190. The molecule has 0 aliphatic heterocycles. The highest BCUT2D eigenvalue weighted by atomic mass is 32.1. The van der Waals surface area contributed by atoms with Crippen LogP contribution in [0.15, 0.2) is 205 Å². The number of furan rings is 1. The minimum Gasteiger partial charge on any atom is -0.455 e. The zero-order valence-corrected chi connectivity index (χ0v) is 30.6. The molecule has 0 fully saturated rings. The molecule has 0 radical (unpaired) electrons. The van der Waals surface area contributed by atoms with Crippen molar-refractivity contribution >= 4 is 81.3 Å². The summed E-state index contributed by atoms with van der Waals surface area (Å²) in [4.78, 5) is 2.41. The summed E-state index contributed by atoms with van der Waals surface area (Å²) in [5, 5.41) is 7.20. The second-order valence-corrected chi connectivity index (χ2v) is 15.1. The van der Waals surface area contributed by atoms with Gasteiger partial charge in [0.25, 0.3) is 0 Å². The summed E-state index contributed by atoms with van der Waals surface area (Å²) in [6.07, 6.45) is 0. The lowest BCUT2D eigenvalue weighted by atomic mass is 9.97. The van der Waals surface area contributed by atoms with E-state index < -0.39 is 0 Å². The van der Waals surface area contributed by atoms with Gasteiger partial charge in [0.15, 0.2) is 0 Å². The predicted molar refractivity (Wildman–Crippen MR) is 235 cm³/mol. The van der Waals surface area contributed by atoms with Crippen molar-refractivity contribution in [3.05, 3.63) is 200 Å². The van der Waals surface area contributed by atoms with Crippen molar-refractivity contribution < 1.29 is 4.42 Å². The second-order valence-electron chi connectivity index (χ2n) is 14.0. The highest BCUT2D eigenvalue weighted by Gasteiger charge is 2.23. The Kier molecular flexibility index (Phi) is 7.39. The Hall–Kier alpha value is -6.94. The molecule has 0 saturated heterocycles. The maximum Gasteiger partial charge on any atom is 0.145 e. The minimum absolute atomic E-state index is 0.876. The number of thiophene rings is 1. The molecule has 0 bridgehead atoms. The van der Waals surface area contributed by atoms with E-state index in [1.165, 1.54) is 53.2 Å². The van der Waals surface area contributed by atoms with E-state index in [2.05, 4.69) is 205 Å². The van der Waals surface area contributed by atoms with Crippen LogP contribution in [0.4, 0.5) is 17.1 Å². The Balaban J connectivity index is 1.15. The maximum absolute atomic E-state index is 6.76. The molecule has 9 aromatic carbocycles. The van der Waals surface area contributed by atoms with Gasteiger partial charge < -0.3 is 9.32 Å². The molecule has 0 unspecified atom stereocenters. The fourth-order valence-electron chi connectivity index (χ4n) is 8.31. The summed E-state index contributed by atoms with van der Waals surface area (Å²) in [6, 6.07) is 72.0. The Labute approximate surface area is 322 Å². The van der Waals surface area contributed by atoms with Crippen molar-refractivity contribution in [3.8, 4) is 33.4 Å². The van der Waals surface area contributed by atoms with Gasteiger partial charge in [-0.1, -0.05) is 152 Å². The van der Waals surface area contributed by atoms with E-state index in [-0.39, 0.29) is 0 Å². The highest BCUT2D eigenvalue weighted by Crippen LogP contribution is 2.48. The van der Waals surface area contributed by atoms with E-state index in [0.717, 1.165) is 50.1 Å². The van der Waals surface area contributed by atoms with Crippen molar-refractivity contribution in [3.63, 3.8) is 0 Å². The summed E-state index contributed by atoms with van der Waals surface area (Å²) in [5.41, 5.74) is 12.1. The predicted octanol–water partition coefficient (Wildman–Crippen LogP) is 15.6. The molecule has 2 aromatic heterocycles. The third-order valence-corrected chi connectivity index (χ3v) is 12.1. The van der Waals surface area contributed by atoms with E-state index in [1.807, 2.05) is 11.3 Å². The lowest BCUT2D eigenvalue weighted by Crippen LogP contribution is -2.10. The highest BCUT2D eigenvalue weighted by molar-refractivity contribution is 7.26. The van der Waals surface area contributed by atoms with Crippen LogP contribution in [0.1, 0.15) is 0 Å². The molecule has 0 atom stereocenters. The molecule has 0 spiro atoms. The molecule has 2 nitrogen and oxygen atoms in total. The average molecular weight is 720 g/mol. The first-order valence-corrected chi connectivity index (χ1v) is 19.5. The molecule has 55 heavy (non-hydrogen) atoms. The van der Waals surface area contributed by atoms with Crippen molar-refractivity contribution in [2.45, 2.75) is 0 Å². The zero-order valence-electron chi connectivity index (χ0n) is 29.8. The third kappa shape index (κ3) is 5.24. The van der Waals surface area contributed by atoms with Gasteiger partial charge in [-0.2, -0.15) is 0 Å². The van der Waals surface area contributed by atoms with Crippen LogP contribution in [0.3, 0.4) is 0 Å². The Morgan fingerprint density at radius 3 is 1.84 bits per heavy atom. The first-order chi connectivity index (χ1) is 27.3. The van der Waals surface area contributed by atoms with Crippen LogP contribution in [-0.2, 0) is 0 Å². The Morgan fingerprint density at radius 1 is 0.400 bits per heavy atom. The molecular weight excluding hydrogens is 687 g/mol. The van der Waals surface area contributed by atoms with Gasteiger partial charge in [0.2, 0.25) is 0 Å².